The van der Waals surface area contributed by atoms with E-state index in [0.717, 1.165) is 0 Å². The van der Waals surface area contributed by atoms with Gasteiger partial charge in [0.1, 0.15) is 0 Å². The number of esters is 2. The van der Waals surface area contributed by atoms with E-state index >= 15 is 0 Å². The predicted molar refractivity (Wildman–Crippen MR) is 93.0 cm³/mol. The Morgan fingerprint density at radius 1 is 1.11 bits per heavy atom. The van der Waals surface area contributed by atoms with Gasteiger partial charge in [-0.25, -0.2) is 0 Å². The van der Waals surface area contributed by atoms with Crippen molar-refractivity contribution in [2.24, 2.45) is 11.8 Å². The molecule has 156 valence electrons. The van der Waals surface area contributed by atoms with Crippen molar-refractivity contribution in [1.82, 2.24) is 0 Å². The van der Waals surface area contributed by atoms with Crippen LogP contribution in [0.15, 0.2) is 49.6 Å². The number of methoxy groups -OCH3 is 1. The molecule has 4 atom stereocenters. The molecule has 28 heavy (non-hydrogen) atoms. The average Bonchev–Trinajstić information content (AvgIpc) is 3.59. The Bertz CT molecular complexity index is 910. The normalized spacial score (nSPS) is 31.2. The predicted octanol–water partition coefficient (Wildman–Crippen LogP) is 3.10. The van der Waals surface area contributed by atoms with Gasteiger partial charge in [-0.3, -0.25) is 0 Å². The molecule has 2 aliphatic carbocycles. The molecule has 8 heteroatoms. The van der Waals surface area contributed by atoms with Crippen molar-refractivity contribution in [2.45, 2.75) is 27.4 Å². The molecule has 2 fully saturated rings. The summed E-state index contributed by atoms with van der Waals surface area (Å²) in [6.45, 7) is 7.36. The summed E-state index contributed by atoms with van der Waals surface area (Å²) in [4.78, 5) is 24.9. The fraction of sp³-hybridized carbons (Fsp3) is 0.400. The Kier molecular flexibility index (Phi) is 5.68. The zero-order chi connectivity index (χ0) is 20.7. The molecule has 0 N–H and O–H groups in total. The summed E-state index contributed by atoms with van der Waals surface area (Å²) in [5, 5.41) is 0. The first-order chi connectivity index (χ1) is 13.3. The van der Waals surface area contributed by atoms with Crippen LogP contribution in [0.4, 0.5) is 0 Å². The van der Waals surface area contributed by atoms with Gasteiger partial charge in [0.2, 0.25) is 0 Å². The summed E-state index contributed by atoms with van der Waals surface area (Å²) < 4.78 is 33.8. The number of hydrogen-bond donors (Lipinski definition) is 0. The zero-order valence-electron chi connectivity index (χ0n) is 15.6. The minimum atomic E-state index is -2.11. The van der Waals surface area contributed by atoms with Gasteiger partial charge in [0.05, 0.1) is 0 Å². The molecular formula is C20H22Co2O6. The van der Waals surface area contributed by atoms with Crippen LogP contribution in [0.25, 0.3) is 0 Å². The van der Waals surface area contributed by atoms with Crippen LogP contribution in [0.5, 0.6) is 5.75 Å². The van der Waals surface area contributed by atoms with Crippen LogP contribution >= 0.6 is 0 Å². The van der Waals surface area contributed by atoms with Crippen LogP contribution in [0, 0.1) is 11.8 Å². The Morgan fingerprint density at radius 2 is 1.71 bits per heavy atom. The summed E-state index contributed by atoms with van der Waals surface area (Å²) in [6, 6.07) is 6.28. The number of carbonyl (C=O) groups excluding carboxylic acids is 2. The van der Waals surface area contributed by atoms with Crippen LogP contribution in [0.3, 0.4) is 0 Å². The van der Waals surface area contributed by atoms with Gasteiger partial charge in [-0.1, -0.05) is 0 Å². The monoisotopic (exact) mass is 476 g/mol. The van der Waals surface area contributed by atoms with Crippen LogP contribution < -0.4 is 9.23 Å². The molecule has 3 rings (SSSR count). The third-order valence-electron chi connectivity index (χ3n) is 5.11. The number of ether oxygens (including phenoxy) is 2. The summed E-state index contributed by atoms with van der Waals surface area (Å²) in [6.07, 6.45) is 4.08. The second kappa shape index (κ2) is 7.59. The van der Waals surface area contributed by atoms with E-state index in [1.807, 2.05) is 0 Å². The van der Waals surface area contributed by atoms with E-state index in [4.69, 9.17) is 9.47 Å². The molecule has 0 saturated heterocycles. The van der Waals surface area contributed by atoms with Crippen LogP contribution in [-0.4, -0.2) is 19.0 Å². The van der Waals surface area contributed by atoms with Crippen LogP contribution in [0.2, 0.25) is 14.6 Å². The summed E-state index contributed by atoms with van der Waals surface area (Å²) in [7, 11) is 1.26. The first kappa shape index (κ1) is 21.0. The second-order valence-electron chi connectivity index (χ2n) is 6.64. The first-order valence-electron chi connectivity index (χ1n) is 8.44. The van der Waals surface area contributed by atoms with Crippen molar-refractivity contribution in [3.05, 3.63) is 49.6 Å². The van der Waals surface area contributed by atoms with Crippen LogP contribution in [-0.2, 0) is 49.2 Å². The molecule has 1 aromatic carbocycles. The van der Waals surface area contributed by atoms with Crippen molar-refractivity contribution in [3.8, 4) is 5.75 Å². The molecule has 0 amide bonds. The topological polar surface area (TPSA) is 86.7 Å². The van der Waals surface area contributed by atoms with Gasteiger partial charge in [0.25, 0.3) is 0 Å². The molecule has 0 aromatic heterocycles. The molecule has 1 aromatic rings. The Hall–Kier alpha value is -1.75. The standard InChI is InChI=1S/C12H10O2.C7H9O2.CH3.2Co.2O/c1-2-9-8-11(9)12(13)14-10-6-4-3-5-7-10;1-3-5-4-6(5)7(8)9-2;;;;;/h2-4,6-7,9H,1,8H2;3,5H,1,4H2,2H3;1H3;;;;. The van der Waals surface area contributed by atoms with E-state index < -0.39 is 47.8 Å². The maximum atomic E-state index is 13.1. The molecule has 2 aliphatic rings. The zero-order valence-corrected chi connectivity index (χ0v) is 17.6. The molecule has 2 saturated carbocycles. The van der Waals surface area contributed by atoms with Gasteiger partial charge in [0.15, 0.2) is 0 Å². The van der Waals surface area contributed by atoms with Crippen molar-refractivity contribution in [2.75, 3.05) is 7.11 Å². The Morgan fingerprint density at radius 3 is 2.21 bits per heavy atom. The van der Waals surface area contributed by atoms with E-state index in [9.17, 15) is 17.3 Å². The van der Waals surface area contributed by atoms with E-state index in [1.165, 1.54) is 19.0 Å². The third-order valence-corrected chi connectivity index (χ3v) is 9.75. The van der Waals surface area contributed by atoms with Crippen molar-refractivity contribution in [3.63, 3.8) is 0 Å². The number of carbonyl (C=O) groups is 2. The van der Waals surface area contributed by atoms with Crippen molar-refractivity contribution < 1.29 is 54.0 Å². The Labute approximate surface area is 171 Å². The Balaban J connectivity index is 1.83. The fourth-order valence-corrected chi connectivity index (χ4v) is 7.06. The molecule has 6 nitrogen and oxygen atoms in total. The summed E-state index contributed by atoms with van der Waals surface area (Å²) >= 11 is -3.87. The van der Waals surface area contributed by atoms with E-state index in [2.05, 4.69) is 13.2 Å². The van der Waals surface area contributed by atoms with E-state index in [1.54, 1.807) is 30.4 Å². The summed E-state index contributed by atoms with van der Waals surface area (Å²) in [5.74, 6) is 0.202. The van der Waals surface area contributed by atoms with Gasteiger partial charge in [-0.15, -0.1) is 0 Å². The molecular weight excluding hydrogens is 454 g/mol. The average molecular weight is 476 g/mol. The number of allylic oxidation sites excluding steroid dienone is 2. The fourth-order valence-electron chi connectivity index (χ4n) is 3.24. The third kappa shape index (κ3) is 3.18. The molecule has 0 heterocycles. The van der Waals surface area contributed by atoms with E-state index in [0.29, 0.717) is 17.3 Å². The SMILES string of the molecule is C=CC1C[C]1(C(=O)Oc1ccc[c]([Co](=[O])[C]2(C(=O)OC)CC2C=C)c1)[Co]([CH3])=[O]. The molecule has 4 unspecified atom stereocenters. The van der Waals surface area contributed by atoms with Gasteiger partial charge in [-0.05, 0) is 0 Å². The first-order valence-corrected chi connectivity index (χ1v) is 11.9. The number of rotatable bonds is 8. The molecule has 0 spiro atoms. The van der Waals surface area contributed by atoms with Gasteiger partial charge in [-0.2, -0.15) is 0 Å². The number of hydrogen-bond acceptors (Lipinski definition) is 6. The van der Waals surface area contributed by atoms with Gasteiger partial charge < -0.3 is 0 Å². The quantitative estimate of drug-likeness (QED) is 0.326. The van der Waals surface area contributed by atoms with E-state index in [-0.39, 0.29) is 17.6 Å². The molecule has 0 radical (unpaired) electrons. The summed E-state index contributed by atoms with van der Waals surface area (Å²) in [5.41, 5.74) is 0. The van der Waals surface area contributed by atoms with Gasteiger partial charge in [0, 0.05) is 0 Å². The van der Waals surface area contributed by atoms with Gasteiger partial charge >= 0.3 is 172 Å². The molecule has 0 bridgehead atoms. The second-order valence-corrected chi connectivity index (χ2v) is 10.9. The van der Waals surface area contributed by atoms with Crippen molar-refractivity contribution in [1.29, 1.82) is 0 Å². The van der Waals surface area contributed by atoms with Crippen molar-refractivity contribution >= 4 is 16.4 Å². The van der Waals surface area contributed by atoms with Crippen LogP contribution in [0.1, 0.15) is 12.8 Å². The maximum absolute atomic E-state index is 13.1. The number of benzene rings is 1. The molecule has 0 aliphatic heterocycles. The minimum absolute atomic E-state index is 0.172.